The SMILES string of the molecule is CC(=O)N1CCC(S(=O)(=O)[N-]C(=O)Nc2c3c(cc4c2CCC4)CCC3)C1.[K+]. The topological polar surface area (TPSA) is 97.7 Å². The number of carbonyl (C=O) groups is 2. The summed E-state index contributed by atoms with van der Waals surface area (Å²) in [6.45, 7) is 1.90. The molecule has 1 aliphatic heterocycles. The second-order valence-electron chi connectivity index (χ2n) is 7.65. The number of sulfonamides is 1. The van der Waals surface area contributed by atoms with Crippen LogP contribution in [0.1, 0.15) is 48.4 Å². The van der Waals surface area contributed by atoms with Gasteiger partial charge in [-0.25, -0.2) is 8.42 Å². The van der Waals surface area contributed by atoms with Crippen molar-refractivity contribution in [1.29, 1.82) is 0 Å². The van der Waals surface area contributed by atoms with Crippen LogP contribution in [0.4, 0.5) is 10.5 Å². The Labute approximate surface area is 208 Å². The van der Waals surface area contributed by atoms with Crippen molar-refractivity contribution in [2.24, 2.45) is 0 Å². The van der Waals surface area contributed by atoms with Crippen molar-refractivity contribution in [3.8, 4) is 0 Å². The summed E-state index contributed by atoms with van der Waals surface area (Å²) in [5, 5.41) is 1.98. The predicted octanol–water partition coefficient (Wildman–Crippen LogP) is -0.476. The molecule has 1 N–H and O–H groups in total. The maximum atomic E-state index is 12.5. The first kappa shape index (κ1) is 22.2. The van der Waals surface area contributed by atoms with Crippen molar-refractivity contribution < 1.29 is 69.4 Å². The minimum Gasteiger partial charge on any atom is -0.423 e. The average Bonchev–Trinajstić information content (AvgIpc) is 3.34. The summed E-state index contributed by atoms with van der Waals surface area (Å²) in [5.41, 5.74) is 5.60. The molecule has 2 aliphatic carbocycles. The molecule has 1 aromatic carbocycles. The smallest absolute Gasteiger partial charge is 0.423 e. The molecule has 0 aromatic heterocycles. The standard InChI is InChI=1S/C19H25N3O4S.K/c1-12(23)22-9-8-15(11-22)27(25,26)21-19(24)20-18-16-6-2-4-13(16)10-14-5-3-7-17(14)18;/h10,15H,2-9,11H2,1H3,(H2,20,21,24);/q;+1/p-1. The van der Waals surface area contributed by atoms with E-state index in [-0.39, 0.29) is 63.8 Å². The molecular weight excluding hydrogens is 405 g/mol. The van der Waals surface area contributed by atoms with E-state index in [9.17, 15) is 18.0 Å². The molecule has 1 heterocycles. The molecule has 146 valence electrons. The molecule has 1 unspecified atom stereocenters. The number of likely N-dealkylation sites (tertiary alicyclic amines) is 1. The Balaban J connectivity index is 0.00000225. The summed E-state index contributed by atoms with van der Waals surface area (Å²) in [7, 11) is -3.95. The van der Waals surface area contributed by atoms with Gasteiger partial charge in [-0.05, 0) is 72.9 Å². The summed E-state index contributed by atoms with van der Waals surface area (Å²) in [6, 6.07) is 1.42. The van der Waals surface area contributed by atoms with E-state index in [1.165, 1.54) is 23.0 Å². The van der Waals surface area contributed by atoms with E-state index in [0.717, 1.165) is 55.3 Å². The fourth-order valence-electron chi connectivity index (χ4n) is 4.54. The Bertz CT molecular complexity index is 884. The minimum atomic E-state index is -3.95. The molecule has 7 nitrogen and oxygen atoms in total. The Morgan fingerprint density at radius 3 is 2.25 bits per heavy atom. The molecular formula is C19H24KN3O4S. The van der Waals surface area contributed by atoms with Gasteiger partial charge in [-0.3, -0.25) is 9.59 Å². The van der Waals surface area contributed by atoms with Crippen molar-refractivity contribution in [3.05, 3.63) is 33.0 Å². The second-order valence-corrected chi connectivity index (χ2v) is 9.53. The molecule has 3 amide bonds. The van der Waals surface area contributed by atoms with Crippen molar-refractivity contribution in [3.63, 3.8) is 0 Å². The van der Waals surface area contributed by atoms with Crippen LogP contribution in [0.5, 0.6) is 0 Å². The van der Waals surface area contributed by atoms with E-state index in [1.807, 2.05) is 0 Å². The summed E-state index contributed by atoms with van der Waals surface area (Å²) in [6.07, 6.45) is 6.24. The van der Waals surface area contributed by atoms with Gasteiger partial charge in [0.05, 0.1) is 5.25 Å². The van der Waals surface area contributed by atoms with Gasteiger partial charge in [0.2, 0.25) is 5.91 Å². The van der Waals surface area contributed by atoms with Gasteiger partial charge in [-0.1, -0.05) is 6.07 Å². The molecule has 4 rings (SSSR count). The van der Waals surface area contributed by atoms with Gasteiger partial charge < -0.3 is 14.9 Å². The van der Waals surface area contributed by atoms with Crippen LogP contribution in [0.3, 0.4) is 0 Å². The molecule has 1 aromatic rings. The number of anilines is 1. The van der Waals surface area contributed by atoms with Crippen molar-refractivity contribution in [2.45, 2.75) is 57.1 Å². The number of aryl methyl sites for hydroxylation is 2. The molecule has 0 saturated carbocycles. The van der Waals surface area contributed by atoms with Crippen LogP contribution in [0.15, 0.2) is 6.07 Å². The zero-order chi connectivity index (χ0) is 19.2. The van der Waals surface area contributed by atoms with E-state index in [1.54, 1.807) is 0 Å². The number of amides is 3. The van der Waals surface area contributed by atoms with Crippen LogP contribution in [0.25, 0.3) is 4.72 Å². The third-order valence-corrected chi connectivity index (χ3v) is 7.57. The van der Waals surface area contributed by atoms with Gasteiger partial charge in [0.1, 0.15) is 0 Å². The molecule has 3 aliphatic rings. The Hall–Kier alpha value is -0.454. The maximum absolute atomic E-state index is 12.5. The molecule has 1 saturated heterocycles. The Morgan fingerprint density at radius 1 is 1.11 bits per heavy atom. The first-order valence-electron chi connectivity index (χ1n) is 9.55. The number of nitrogens with zero attached hydrogens (tertiary/aromatic N) is 2. The quantitative estimate of drug-likeness (QED) is 0.657. The van der Waals surface area contributed by atoms with E-state index < -0.39 is 21.3 Å². The fraction of sp³-hybridized carbons (Fsp3) is 0.579. The molecule has 0 bridgehead atoms. The van der Waals surface area contributed by atoms with Crippen LogP contribution >= 0.6 is 0 Å². The molecule has 0 radical (unpaired) electrons. The number of carbonyl (C=O) groups excluding carboxylic acids is 2. The minimum absolute atomic E-state index is 0. The molecule has 28 heavy (non-hydrogen) atoms. The van der Waals surface area contributed by atoms with Gasteiger partial charge in [0.25, 0.3) is 0 Å². The van der Waals surface area contributed by atoms with Gasteiger partial charge in [-0.2, -0.15) is 0 Å². The Kier molecular flexibility index (Phi) is 6.93. The number of nitrogens with one attached hydrogen (secondary N) is 1. The van der Waals surface area contributed by atoms with E-state index in [0.29, 0.717) is 13.0 Å². The molecule has 9 heteroatoms. The van der Waals surface area contributed by atoms with Crippen molar-refractivity contribution >= 4 is 27.6 Å². The normalized spacial score (nSPS) is 20.3. The van der Waals surface area contributed by atoms with Crippen LogP contribution in [-0.4, -0.2) is 43.6 Å². The fourth-order valence-corrected chi connectivity index (χ4v) is 5.74. The van der Waals surface area contributed by atoms with Gasteiger partial charge >= 0.3 is 51.4 Å². The van der Waals surface area contributed by atoms with E-state index >= 15 is 0 Å². The van der Waals surface area contributed by atoms with Crippen LogP contribution in [0.2, 0.25) is 0 Å². The number of rotatable bonds is 3. The summed E-state index contributed by atoms with van der Waals surface area (Å²) in [4.78, 5) is 25.4. The van der Waals surface area contributed by atoms with Gasteiger partial charge in [0, 0.05) is 20.0 Å². The van der Waals surface area contributed by atoms with Crippen LogP contribution in [-0.2, 0) is 40.5 Å². The molecule has 1 atom stereocenters. The molecule has 0 spiro atoms. The molecule has 1 fully saturated rings. The van der Waals surface area contributed by atoms with E-state index in [2.05, 4.69) is 16.1 Å². The van der Waals surface area contributed by atoms with Crippen LogP contribution in [0, 0.1) is 0 Å². The van der Waals surface area contributed by atoms with Crippen LogP contribution < -0.4 is 56.7 Å². The Morgan fingerprint density at radius 2 is 1.71 bits per heavy atom. The number of hydrogen-bond donors (Lipinski definition) is 1. The number of fused-ring (bicyclic) bond motifs is 2. The van der Waals surface area contributed by atoms with Gasteiger partial charge in [-0.15, -0.1) is 0 Å². The number of urea groups is 1. The predicted molar refractivity (Wildman–Crippen MR) is 102 cm³/mol. The monoisotopic (exact) mass is 429 g/mol. The maximum Gasteiger partial charge on any atom is 1.00 e. The summed E-state index contributed by atoms with van der Waals surface area (Å²) >= 11 is 0. The second kappa shape index (κ2) is 8.73. The van der Waals surface area contributed by atoms with Crippen molar-refractivity contribution in [1.82, 2.24) is 4.90 Å². The zero-order valence-corrected chi connectivity index (χ0v) is 20.4. The first-order valence-corrected chi connectivity index (χ1v) is 11.1. The van der Waals surface area contributed by atoms with Gasteiger partial charge in [0.15, 0.2) is 16.1 Å². The van der Waals surface area contributed by atoms with Crippen molar-refractivity contribution in [2.75, 3.05) is 18.4 Å². The summed E-state index contributed by atoms with van der Waals surface area (Å²) < 4.78 is 28.5. The first-order chi connectivity index (χ1) is 12.8. The van der Waals surface area contributed by atoms with E-state index in [4.69, 9.17) is 0 Å². The summed E-state index contributed by atoms with van der Waals surface area (Å²) in [5.74, 6) is -0.160. The third-order valence-electron chi connectivity index (χ3n) is 5.93. The average molecular weight is 430 g/mol. The third kappa shape index (κ3) is 4.34. The zero-order valence-electron chi connectivity index (χ0n) is 16.5. The number of benzene rings is 1. The largest absolute Gasteiger partial charge is 1.00 e. The number of hydrogen-bond acceptors (Lipinski definition) is 4.